The third-order valence-corrected chi connectivity index (χ3v) is 5.92. The van der Waals surface area contributed by atoms with Gasteiger partial charge in [-0.05, 0) is 48.5 Å². The molecule has 9 nitrogen and oxygen atoms in total. The van der Waals surface area contributed by atoms with Crippen molar-refractivity contribution in [2.45, 2.75) is 6.92 Å². The maximum atomic E-state index is 13.1. The molecule has 0 atom stereocenters. The summed E-state index contributed by atoms with van der Waals surface area (Å²) in [6.45, 7) is 5.95. The number of piperazine rings is 1. The predicted molar refractivity (Wildman–Crippen MR) is 132 cm³/mol. The minimum Gasteiger partial charge on any atom is -0.492 e. The first kappa shape index (κ1) is 24.2. The van der Waals surface area contributed by atoms with Gasteiger partial charge in [-0.2, -0.15) is 5.10 Å². The number of hydrogen-bond donors (Lipinski definition) is 2. The molecule has 0 unspecified atom stereocenters. The summed E-state index contributed by atoms with van der Waals surface area (Å²) < 4.78 is 21.0. The molecule has 3 amide bonds. The van der Waals surface area contributed by atoms with E-state index in [9.17, 15) is 14.0 Å². The van der Waals surface area contributed by atoms with Gasteiger partial charge in [0.1, 0.15) is 18.2 Å². The van der Waals surface area contributed by atoms with Gasteiger partial charge in [0.15, 0.2) is 0 Å². The first-order chi connectivity index (χ1) is 16.9. The average Bonchev–Trinajstić information content (AvgIpc) is 3.27. The van der Waals surface area contributed by atoms with E-state index >= 15 is 0 Å². The molecule has 0 radical (unpaired) electrons. The lowest BCUT2D eigenvalue weighted by atomic mass is 10.1. The van der Waals surface area contributed by atoms with Crippen molar-refractivity contribution in [3.63, 3.8) is 0 Å². The molecule has 2 N–H and O–H groups in total. The van der Waals surface area contributed by atoms with Crippen molar-refractivity contribution in [2.24, 2.45) is 7.05 Å². The fraction of sp³-hybridized carbons (Fsp3) is 0.320. The lowest BCUT2D eigenvalue weighted by Crippen LogP contribution is -2.48. The molecule has 1 fully saturated rings. The molecule has 10 heteroatoms. The van der Waals surface area contributed by atoms with Crippen LogP contribution in [0.25, 0.3) is 11.3 Å². The Morgan fingerprint density at radius 2 is 1.69 bits per heavy atom. The Morgan fingerprint density at radius 3 is 2.34 bits per heavy atom. The lowest BCUT2D eigenvalue weighted by molar-refractivity contribution is -0.130. The van der Waals surface area contributed by atoms with Gasteiger partial charge in [-0.25, -0.2) is 9.18 Å². The zero-order valence-electron chi connectivity index (χ0n) is 19.8. The number of carbonyl (C=O) groups excluding carboxylic acids is 2. The zero-order valence-corrected chi connectivity index (χ0v) is 19.8. The third-order valence-electron chi connectivity index (χ3n) is 5.92. The first-order valence-electron chi connectivity index (χ1n) is 11.5. The number of ether oxygens (including phenoxy) is 1. The first-order valence-corrected chi connectivity index (χ1v) is 11.5. The van der Waals surface area contributed by atoms with Crippen molar-refractivity contribution >= 4 is 23.3 Å². The number of anilines is 2. The van der Waals surface area contributed by atoms with E-state index < -0.39 is 6.03 Å². The summed E-state index contributed by atoms with van der Waals surface area (Å²) in [5, 5.41) is 9.74. The number of urea groups is 1. The van der Waals surface area contributed by atoms with Crippen LogP contribution in [0, 0.1) is 5.82 Å². The number of rotatable bonds is 7. The molecule has 1 aromatic heterocycles. The van der Waals surface area contributed by atoms with Gasteiger partial charge in [0.2, 0.25) is 5.91 Å². The summed E-state index contributed by atoms with van der Waals surface area (Å²) in [4.78, 5) is 28.1. The third kappa shape index (κ3) is 6.36. The van der Waals surface area contributed by atoms with Crippen molar-refractivity contribution < 1.29 is 18.7 Å². The van der Waals surface area contributed by atoms with E-state index in [1.54, 1.807) is 23.9 Å². The van der Waals surface area contributed by atoms with Crippen LogP contribution in [0.4, 0.5) is 20.6 Å². The van der Waals surface area contributed by atoms with Gasteiger partial charge in [0.25, 0.3) is 0 Å². The number of halogens is 1. The van der Waals surface area contributed by atoms with Crippen LogP contribution >= 0.6 is 0 Å². The Labute approximate surface area is 203 Å². The molecule has 35 heavy (non-hydrogen) atoms. The SMILES string of the molecule is CC(=O)N1CCN(CCOc2ccc(NC(=O)Nc3ccc(F)cc3)cc2-c2ccnn2C)CC1. The summed E-state index contributed by atoms with van der Waals surface area (Å²) in [6.07, 6.45) is 1.70. The Morgan fingerprint density at radius 1 is 1.00 bits per heavy atom. The number of nitrogens with one attached hydrogen (secondary N) is 2. The highest BCUT2D eigenvalue weighted by Gasteiger charge is 2.19. The van der Waals surface area contributed by atoms with Crippen LogP contribution in [0.15, 0.2) is 54.7 Å². The minimum absolute atomic E-state index is 0.113. The van der Waals surface area contributed by atoms with E-state index in [1.807, 2.05) is 30.1 Å². The standard InChI is InChI=1S/C25H29FN6O3/c1-18(33)32-13-11-31(12-14-32)15-16-35-24-8-7-21(17-22(24)23-9-10-27-30(23)2)29-25(34)28-20-5-3-19(26)4-6-20/h3-10,17H,11-16H2,1-2H3,(H2,28,29,34). The molecule has 1 aliphatic rings. The van der Waals surface area contributed by atoms with Crippen LogP contribution in [-0.2, 0) is 11.8 Å². The number of aromatic nitrogens is 2. The van der Waals surface area contributed by atoms with Gasteiger partial charge in [0, 0.05) is 69.8 Å². The van der Waals surface area contributed by atoms with Crippen LogP contribution in [0.1, 0.15) is 6.92 Å². The fourth-order valence-corrected chi connectivity index (χ4v) is 3.97. The number of aryl methyl sites for hydroxylation is 1. The number of benzene rings is 2. The van der Waals surface area contributed by atoms with Crippen molar-refractivity contribution in [3.8, 4) is 17.0 Å². The predicted octanol–water partition coefficient (Wildman–Crippen LogP) is 3.41. The van der Waals surface area contributed by atoms with Gasteiger partial charge < -0.3 is 20.3 Å². The smallest absolute Gasteiger partial charge is 0.323 e. The van der Waals surface area contributed by atoms with Gasteiger partial charge in [0.05, 0.1) is 5.69 Å². The molecule has 2 aromatic carbocycles. The Balaban J connectivity index is 1.41. The molecule has 1 saturated heterocycles. The van der Waals surface area contributed by atoms with E-state index in [1.165, 1.54) is 24.3 Å². The largest absolute Gasteiger partial charge is 0.492 e. The molecule has 0 bridgehead atoms. The molecule has 1 aliphatic heterocycles. The number of hydrogen-bond acceptors (Lipinski definition) is 5. The minimum atomic E-state index is -0.439. The van der Waals surface area contributed by atoms with E-state index in [0.717, 1.165) is 44.0 Å². The summed E-state index contributed by atoms with van der Waals surface area (Å²) in [5.41, 5.74) is 2.71. The highest BCUT2D eigenvalue weighted by molar-refractivity contribution is 6.00. The van der Waals surface area contributed by atoms with Crippen molar-refractivity contribution in [1.82, 2.24) is 19.6 Å². The highest BCUT2D eigenvalue weighted by atomic mass is 19.1. The van der Waals surface area contributed by atoms with E-state index in [2.05, 4.69) is 20.6 Å². The maximum absolute atomic E-state index is 13.1. The number of amides is 3. The highest BCUT2D eigenvalue weighted by Crippen LogP contribution is 2.32. The second-order valence-corrected chi connectivity index (χ2v) is 8.33. The van der Waals surface area contributed by atoms with Crippen LogP contribution in [0.2, 0.25) is 0 Å². The molecule has 3 aromatic rings. The second kappa shape index (κ2) is 11.0. The summed E-state index contributed by atoms with van der Waals surface area (Å²) in [7, 11) is 1.84. The average molecular weight is 481 g/mol. The van der Waals surface area contributed by atoms with E-state index in [4.69, 9.17) is 4.74 Å². The van der Waals surface area contributed by atoms with E-state index in [-0.39, 0.29) is 11.7 Å². The lowest BCUT2D eigenvalue weighted by Gasteiger charge is -2.34. The quantitative estimate of drug-likeness (QED) is 0.541. The Bertz CT molecular complexity index is 1170. The molecule has 2 heterocycles. The maximum Gasteiger partial charge on any atom is 0.323 e. The molecular weight excluding hydrogens is 451 g/mol. The van der Waals surface area contributed by atoms with Gasteiger partial charge in [-0.3, -0.25) is 14.4 Å². The number of carbonyl (C=O) groups is 2. The van der Waals surface area contributed by atoms with Gasteiger partial charge >= 0.3 is 6.03 Å². The summed E-state index contributed by atoms with van der Waals surface area (Å²) in [6, 6.07) is 12.4. The zero-order chi connectivity index (χ0) is 24.8. The van der Waals surface area contributed by atoms with Crippen LogP contribution in [0.5, 0.6) is 5.75 Å². The topological polar surface area (TPSA) is 91.7 Å². The van der Waals surface area contributed by atoms with Crippen molar-refractivity contribution in [2.75, 3.05) is 50.0 Å². The van der Waals surface area contributed by atoms with Crippen LogP contribution < -0.4 is 15.4 Å². The number of nitrogens with zero attached hydrogens (tertiary/aromatic N) is 4. The van der Waals surface area contributed by atoms with Gasteiger partial charge in [-0.1, -0.05) is 0 Å². The molecule has 184 valence electrons. The molecule has 0 spiro atoms. The van der Waals surface area contributed by atoms with Crippen LogP contribution in [-0.4, -0.2) is 70.8 Å². The van der Waals surface area contributed by atoms with Crippen LogP contribution in [0.3, 0.4) is 0 Å². The van der Waals surface area contributed by atoms with Crippen molar-refractivity contribution in [3.05, 3.63) is 60.5 Å². The van der Waals surface area contributed by atoms with E-state index in [0.29, 0.717) is 23.7 Å². The van der Waals surface area contributed by atoms with Crippen molar-refractivity contribution in [1.29, 1.82) is 0 Å². The monoisotopic (exact) mass is 480 g/mol. The molecular formula is C25H29FN6O3. The molecule has 0 aliphatic carbocycles. The normalized spacial score (nSPS) is 14.0. The second-order valence-electron chi connectivity index (χ2n) is 8.33. The molecule has 4 rings (SSSR count). The Hall–Kier alpha value is -3.92. The molecule has 0 saturated carbocycles. The Kier molecular flexibility index (Phi) is 7.61. The summed E-state index contributed by atoms with van der Waals surface area (Å²) >= 11 is 0. The summed E-state index contributed by atoms with van der Waals surface area (Å²) in [5.74, 6) is 0.424. The van der Waals surface area contributed by atoms with Gasteiger partial charge in [-0.15, -0.1) is 0 Å². The fourth-order valence-electron chi connectivity index (χ4n) is 3.97.